The topological polar surface area (TPSA) is 30.2 Å². The number of aryl methyl sites for hydroxylation is 1. The molecule has 114 valence electrons. The number of hydrogen-bond donors (Lipinski definition) is 0. The molecule has 0 spiro atoms. The second-order valence-electron chi connectivity index (χ2n) is 5.38. The first-order valence-corrected chi connectivity index (χ1v) is 7.53. The molecule has 2 aromatic rings. The number of hydrogen-bond acceptors (Lipinski definition) is 2. The van der Waals surface area contributed by atoms with Crippen LogP contribution in [0.3, 0.4) is 0 Å². The van der Waals surface area contributed by atoms with Gasteiger partial charge in [0.05, 0.1) is 11.7 Å². The Balaban J connectivity index is 2.02. The maximum Gasteiger partial charge on any atom is 0.338 e. The van der Waals surface area contributed by atoms with E-state index in [1.54, 1.807) is 12.1 Å². The number of pyridine rings is 1. The Kier molecular flexibility index (Phi) is 5.48. The molecular formula is C19H22NO2+. The molecule has 1 heterocycles. The van der Waals surface area contributed by atoms with Gasteiger partial charge in [-0.15, -0.1) is 0 Å². The van der Waals surface area contributed by atoms with Gasteiger partial charge in [-0.1, -0.05) is 31.2 Å². The van der Waals surface area contributed by atoms with Crippen LogP contribution >= 0.6 is 0 Å². The van der Waals surface area contributed by atoms with Gasteiger partial charge < -0.3 is 4.74 Å². The van der Waals surface area contributed by atoms with E-state index in [0.717, 1.165) is 17.5 Å². The highest BCUT2D eigenvalue weighted by molar-refractivity contribution is 5.89. The fraction of sp³-hybridized carbons (Fsp3) is 0.263. The summed E-state index contributed by atoms with van der Waals surface area (Å²) in [4.78, 5) is 11.9. The lowest BCUT2D eigenvalue weighted by Gasteiger charge is -2.10. The van der Waals surface area contributed by atoms with Crippen molar-refractivity contribution in [2.24, 2.45) is 7.05 Å². The number of benzene rings is 1. The third kappa shape index (κ3) is 4.55. The first kappa shape index (κ1) is 16.0. The lowest BCUT2D eigenvalue weighted by molar-refractivity contribution is -0.671. The number of carbonyl (C=O) groups is 1. The van der Waals surface area contributed by atoms with Crippen molar-refractivity contribution in [1.82, 2.24) is 0 Å². The van der Waals surface area contributed by atoms with Crippen LogP contribution in [0.4, 0.5) is 0 Å². The molecule has 0 bridgehead atoms. The lowest BCUT2D eigenvalue weighted by Crippen LogP contribution is -2.25. The fourth-order valence-electron chi connectivity index (χ4n) is 1.88. The Bertz CT molecular complexity index is 642. The van der Waals surface area contributed by atoms with Crippen LogP contribution in [-0.2, 0) is 11.8 Å². The van der Waals surface area contributed by atoms with Crippen molar-refractivity contribution in [1.29, 1.82) is 0 Å². The highest BCUT2D eigenvalue weighted by atomic mass is 16.5. The van der Waals surface area contributed by atoms with Crippen molar-refractivity contribution in [3.63, 3.8) is 0 Å². The zero-order valence-corrected chi connectivity index (χ0v) is 13.3. The molecule has 1 aromatic carbocycles. The molecule has 0 aliphatic rings. The lowest BCUT2D eigenvalue weighted by atomic mass is 10.1. The van der Waals surface area contributed by atoms with Crippen LogP contribution in [0.5, 0.6) is 0 Å². The smallest absolute Gasteiger partial charge is 0.338 e. The number of aromatic nitrogens is 1. The minimum atomic E-state index is -0.263. The predicted molar refractivity (Wildman–Crippen MR) is 88.2 cm³/mol. The summed E-state index contributed by atoms with van der Waals surface area (Å²) in [5.41, 5.74) is 2.77. The largest absolute Gasteiger partial charge is 0.459 e. The van der Waals surface area contributed by atoms with Gasteiger partial charge in [0.1, 0.15) is 7.05 Å². The summed E-state index contributed by atoms with van der Waals surface area (Å²) in [5.74, 6) is -0.263. The van der Waals surface area contributed by atoms with E-state index in [1.807, 2.05) is 74.3 Å². The molecule has 3 heteroatoms. The quantitative estimate of drug-likeness (QED) is 0.623. The van der Waals surface area contributed by atoms with Gasteiger partial charge in [0.2, 0.25) is 0 Å². The molecule has 1 aromatic heterocycles. The summed E-state index contributed by atoms with van der Waals surface area (Å²) >= 11 is 0. The summed E-state index contributed by atoms with van der Waals surface area (Å²) in [6.45, 7) is 3.89. The summed E-state index contributed by atoms with van der Waals surface area (Å²) in [6.07, 6.45) is 8.86. The second-order valence-corrected chi connectivity index (χ2v) is 5.38. The first-order chi connectivity index (χ1) is 10.6. The van der Waals surface area contributed by atoms with Gasteiger partial charge in [0.15, 0.2) is 12.4 Å². The molecule has 0 saturated carbocycles. The maximum absolute atomic E-state index is 11.9. The Morgan fingerprint density at radius 1 is 1.09 bits per heavy atom. The molecule has 0 aliphatic heterocycles. The third-order valence-electron chi connectivity index (χ3n) is 3.50. The Hall–Kier alpha value is -2.42. The van der Waals surface area contributed by atoms with E-state index in [-0.39, 0.29) is 12.1 Å². The average molecular weight is 296 g/mol. The van der Waals surface area contributed by atoms with Gasteiger partial charge in [-0.05, 0) is 36.6 Å². The van der Waals surface area contributed by atoms with Gasteiger partial charge in [0, 0.05) is 12.1 Å². The molecule has 0 saturated heterocycles. The zero-order chi connectivity index (χ0) is 15.9. The van der Waals surface area contributed by atoms with Crippen molar-refractivity contribution < 1.29 is 14.1 Å². The van der Waals surface area contributed by atoms with Crippen LogP contribution in [0.15, 0.2) is 48.8 Å². The summed E-state index contributed by atoms with van der Waals surface area (Å²) < 4.78 is 7.30. The number of ether oxygens (including phenoxy) is 1. The predicted octanol–water partition coefficient (Wildman–Crippen LogP) is 3.64. The molecule has 22 heavy (non-hydrogen) atoms. The highest BCUT2D eigenvalue weighted by Crippen LogP contribution is 2.11. The normalized spacial score (nSPS) is 12.3. The molecule has 3 nitrogen and oxygen atoms in total. The average Bonchev–Trinajstić information content (AvgIpc) is 2.54. The summed E-state index contributed by atoms with van der Waals surface area (Å²) in [7, 11) is 1.99. The van der Waals surface area contributed by atoms with E-state index in [1.165, 1.54) is 0 Å². The number of nitrogens with zero attached hydrogens (tertiary/aromatic N) is 1. The highest BCUT2D eigenvalue weighted by Gasteiger charge is 2.09. The first-order valence-electron chi connectivity index (χ1n) is 7.53. The second kappa shape index (κ2) is 7.55. The molecule has 0 amide bonds. The fourth-order valence-corrected chi connectivity index (χ4v) is 1.88. The van der Waals surface area contributed by atoms with Gasteiger partial charge in [0.25, 0.3) is 0 Å². The Morgan fingerprint density at radius 2 is 1.64 bits per heavy atom. The summed E-state index contributed by atoms with van der Waals surface area (Å²) in [6, 6.07) is 11.5. The zero-order valence-electron chi connectivity index (χ0n) is 13.3. The van der Waals surface area contributed by atoms with Gasteiger partial charge in [-0.3, -0.25) is 0 Å². The van der Waals surface area contributed by atoms with E-state index >= 15 is 0 Å². The molecule has 0 fully saturated rings. The van der Waals surface area contributed by atoms with E-state index in [2.05, 4.69) is 0 Å². The standard InChI is InChI=1S/C19H22NO2/c1-4-15(2)22-19(21)18-9-7-16(8-10-18)5-6-17-11-13-20(3)14-12-17/h5-15H,4H2,1-3H3/q+1. The minimum Gasteiger partial charge on any atom is -0.459 e. The Morgan fingerprint density at radius 3 is 2.18 bits per heavy atom. The molecule has 0 aliphatic carbocycles. The van der Waals surface area contributed by atoms with Crippen molar-refractivity contribution in [2.75, 3.05) is 0 Å². The van der Waals surface area contributed by atoms with Crippen LogP contribution in [0.2, 0.25) is 0 Å². The molecule has 0 N–H and O–H groups in total. The van der Waals surface area contributed by atoms with Crippen molar-refractivity contribution in [2.45, 2.75) is 26.4 Å². The van der Waals surface area contributed by atoms with Crippen LogP contribution in [0.25, 0.3) is 12.2 Å². The van der Waals surface area contributed by atoms with Crippen LogP contribution in [0, 0.1) is 0 Å². The number of esters is 1. The van der Waals surface area contributed by atoms with Crippen LogP contribution in [0.1, 0.15) is 41.8 Å². The van der Waals surface area contributed by atoms with Crippen LogP contribution < -0.4 is 4.57 Å². The van der Waals surface area contributed by atoms with E-state index < -0.39 is 0 Å². The van der Waals surface area contributed by atoms with Crippen molar-refractivity contribution in [3.05, 3.63) is 65.5 Å². The van der Waals surface area contributed by atoms with E-state index in [0.29, 0.717) is 5.56 Å². The van der Waals surface area contributed by atoms with Crippen molar-refractivity contribution >= 4 is 18.1 Å². The molecule has 1 atom stereocenters. The molecule has 2 rings (SSSR count). The monoisotopic (exact) mass is 296 g/mol. The summed E-state index contributed by atoms with van der Waals surface area (Å²) in [5, 5.41) is 0. The van der Waals surface area contributed by atoms with Gasteiger partial charge in [-0.25, -0.2) is 9.36 Å². The SMILES string of the molecule is CCC(C)OC(=O)c1ccc(C=Cc2cc[n+](C)cc2)cc1. The van der Waals surface area contributed by atoms with E-state index in [9.17, 15) is 4.79 Å². The molecule has 1 unspecified atom stereocenters. The Labute approximate surface area is 131 Å². The van der Waals surface area contributed by atoms with Gasteiger partial charge >= 0.3 is 5.97 Å². The number of rotatable bonds is 5. The molecule has 0 radical (unpaired) electrons. The van der Waals surface area contributed by atoms with Gasteiger partial charge in [-0.2, -0.15) is 0 Å². The van der Waals surface area contributed by atoms with Crippen LogP contribution in [-0.4, -0.2) is 12.1 Å². The van der Waals surface area contributed by atoms with Crippen molar-refractivity contribution in [3.8, 4) is 0 Å². The third-order valence-corrected chi connectivity index (χ3v) is 3.50. The van der Waals surface area contributed by atoms with E-state index in [4.69, 9.17) is 4.74 Å². The number of carbonyl (C=O) groups excluding carboxylic acids is 1. The maximum atomic E-state index is 11.9. The minimum absolute atomic E-state index is 0.0496. The molecular weight excluding hydrogens is 274 g/mol.